The van der Waals surface area contributed by atoms with E-state index in [0.29, 0.717) is 18.7 Å². The molecule has 0 bridgehead atoms. The fourth-order valence-electron chi connectivity index (χ4n) is 2.31. The van der Waals surface area contributed by atoms with Crippen molar-refractivity contribution < 1.29 is 13.2 Å². The molecule has 1 aromatic heterocycles. The molecule has 2 N–H and O–H groups in total. The quantitative estimate of drug-likeness (QED) is 0.776. The molecule has 2 aromatic rings. The molecule has 0 radical (unpaired) electrons. The number of nitrogens with one attached hydrogen (secondary N) is 2. The number of anilines is 1. The van der Waals surface area contributed by atoms with E-state index in [1.54, 1.807) is 13.1 Å². The van der Waals surface area contributed by atoms with E-state index in [0.717, 1.165) is 11.4 Å². The molecule has 134 valence electrons. The zero-order valence-electron chi connectivity index (χ0n) is 14.5. The average Bonchev–Trinajstić information content (AvgIpc) is 2.60. The minimum Gasteiger partial charge on any atom is -0.362 e. The van der Waals surface area contributed by atoms with Crippen molar-refractivity contribution in [2.24, 2.45) is 0 Å². The van der Waals surface area contributed by atoms with Gasteiger partial charge in [-0.2, -0.15) is 0 Å². The largest absolute Gasteiger partial charge is 0.362 e. The monoisotopic (exact) mass is 362 g/mol. The van der Waals surface area contributed by atoms with Crippen molar-refractivity contribution in [2.75, 3.05) is 25.5 Å². The molecule has 0 atom stereocenters. The first-order chi connectivity index (χ1) is 11.8. The van der Waals surface area contributed by atoms with Crippen LogP contribution in [0.5, 0.6) is 0 Å². The van der Waals surface area contributed by atoms with Crippen molar-refractivity contribution in [3.8, 4) is 0 Å². The third-order valence-corrected chi connectivity index (χ3v) is 5.05. The number of hydrogen-bond acceptors (Lipinski definition) is 5. The molecule has 0 saturated heterocycles. The number of pyridine rings is 1. The summed E-state index contributed by atoms with van der Waals surface area (Å²) in [6.07, 6.45) is 1.70. The van der Waals surface area contributed by atoms with E-state index >= 15 is 0 Å². The molecule has 0 aliphatic heterocycles. The van der Waals surface area contributed by atoms with E-state index < -0.39 is 10.0 Å². The average molecular weight is 362 g/mol. The first kappa shape index (κ1) is 18.9. The maximum Gasteiger partial charge on any atom is 0.251 e. The predicted octanol–water partition coefficient (Wildman–Crippen LogP) is 1.38. The highest BCUT2D eigenvalue weighted by Crippen LogP contribution is 2.15. The van der Waals surface area contributed by atoms with E-state index in [-0.39, 0.29) is 10.8 Å². The van der Waals surface area contributed by atoms with Gasteiger partial charge in [-0.05, 0) is 30.3 Å². The van der Waals surface area contributed by atoms with Crippen molar-refractivity contribution in [3.05, 3.63) is 53.7 Å². The lowest BCUT2D eigenvalue weighted by Gasteiger charge is -2.16. The number of hydrogen-bond donors (Lipinski definition) is 2. The second kappa shape index (κ2) is 8.09. The summed E-state index contributed by atoms with van der Waals surface area (Å²) in [7, 11) is 0.253. The summed E-state index contributed by atoms with van der Waals surface area (Å²) >= 11 is 0. The van der Waals surface area contributed by atoms with Crippen LogP contribution >= 0.6 is 0 Å². The number of carbonyl (C=O) groups excluding carboxylic acids is 1. The van der Waals surface area contributed by atoms with Crippen LogP contribution in [0.2, 0.25) is 0 Å². The van der Waals surface area contributed by atoms with Crippen molar-refractivity contribution in [1.29, 1.82) is 0 Å². The minimum absolute atomic E-state index is 0.132. The first-order valence-electron chi connectivity index (χ1n) is 7.84. The van der Waals surface area contributed by atoms with E-state index in [2.05, 4.69) is 15.0 Å². The molecule has 25 heavy (non-hydrogen) atoms. The second-order valence-electron chi connectivity index (χ2n) is 5.59. The number of aromatic nitrogens is 1. The normalized spacial score (nSPS) is 11.2. The summed E-state index contributed by atoms with van der Waals surface area (Å²) in [4.78, 5) is 18.6. The van der Waals surface area contributed by atoms with Gasteiger partial charge < -0.3 is 10.2 Å². The van der Waals surface area contributed by atoms with E-state index in [4.69, 9.17) is 0 Å². The van der Waals surface area contributed by atoms with Crippen LogP contribution in [0.1, 0.15) is 22.8 Å². The Kier molecular flexibility index (Phi) is 6.11. The van der Waals surface area contributed by atoms with Crippen LogP contribution < -0.4 is 14.9 Å². The minimum atomic E-state index is -3.52. The zero-order valence-corrected chi connectivity index (χ0v) is 15.3. The van der Waals surface area contributed by atoms with Gasteiger partial charge in [-0.15, -0.1) is 0 Å². The summed E-state index contributed by atoms with van der Waals surface area (Å²) in [6, 6.07) is 9.54. The molecule has 2 rings (SSSR count). The summed E-state index contributed by atoms with van der Waals surface area (Å²) in [6.45, 7) is 2.35. The Labute approximate surface area is 148 Å². The molecule has 0 saturated carbocycles. The lowest BCUT2D eigenvalue weighted by Crippen LogP contribution is -2.25. The summed E-state index contributed by atoms with van der Waals surface area (Å²) in [5.41, 5.74) is 1.29. The van der Waals surface area contributed by atoms with Crippen LogP contribution in [0.4, 0.5) is 5.82 Å². The highest BCUT2D eigenvalue weighted by atomic mass is 32.2. The molecule has 0 spiro atoms. The number of benzene rings is 1. The Bertz CT molecular complexity index is 833. The Hall–Kier alpha value is -2.45. The van der Waals surface area contributed by atoms with Gasteiger partial charge in [0, 0.05) is 44.5 Å². The summed E-state index contributed by atoms with van der Waals surface area (Å²) in [5.74, 6) is 0.510. The Morgan fingerprint density at radius 1 is 1.16 bits per heavy atom. The Balaban J connectivity index is 2.07. The summed E-state index contributed by atoms with van der Waals surface area (Å²) in [5, 5.41) is 2.82. The first-order valence-corrected chi connectivity index (χ1v) is 9.32. The SMILES string of the molecule is CCNS(=O)(=O)c1ccc(C(=O)NCc2cccnc2N(C)C)cc1. The number of amides is 1. The molecule has 7 nitrogen and oxygen atoms in total. The van der Waals surface area contributed by atoms with Gasteiger partial charge in [0.1, 0.15) is 5.82 Å². The third kappa shape index (κ3) is 4.77. The molecule has 1 amide bonds. The van der Waals surface area contributed by atoms with Gasteiger partial charge in [0.25, 0.3) is 5.91 Å². The molecule has 8 heteroatoms. The Morgan fingerprint density at radius 3 is 2.44 bits per heavy atom. The molecular formula is C17H22N4O3S. The van der Waals surface area contributed by atoms with Gasteiger partial charge in [0.05, 0.1) is 4.90 Å². The van der Waals surface area contributed by atoms with Crippen LogP contribution in [0, 0.1) is 0 Å². The fraction of sp³-hybridized carbons (Fsp3) is 0.294. The maximum absolute atomic E-state index is 12.3. The Morgan fingerprint density at radius 2 is 1.84 bits per heavy atom. The molecule has 0 aliphatic rings. The second-order valence-corrected chi connectivity index (χ2v) is 7.36. The molecular weight excluding hydrogens is 340 g/mol. The number of nitrogens with zero attached hydrogens (tertiary/aromatic N) is 2. The van der Waals surface area contributed by atoms with Gasteiger partial charge >= 0.3 is 0 Å². The van der Waals surface area contributed by atoms with E-state index in [1.807, 2.05) is 31.1 Å². The van der Waals surface area contributed by atoms with Crippen LogP contribution in [0.15, 0.2) is 47.5 Å². The van der Waals surface area contributed by atoms with Crippen LogP contribution in [-0.2, 0) is 16.6 Å². The molecule has 1 heterocycles. The van der Waals surface area contributed by atoms with E-state index in [9.17, 15) is 13.2 Å². The van der Waals surface area contributed by atoms with Crippen LogP contribution in [0.25, 0.3) is 0 Å². The van der Waals surface area contributed by atoms with Crippen molar-refractivity contribution >= 4 is 21.7 Å². The topological polar surface area (TPSA) is 91.4 Å². The molecule has 1 aromatic carbocycles. The summed E-state index contributed by atoms with van der Waals surface area (Å²) < 4.78 is 26.2. The van der Waals surface area contributed by atoms with Crippen molar-refractivity contribution in [3.63, 3.8) is 0 Å². The lowest BCUT2D eigenvalue weighted by molar-refractivity contribution is 0.0951. The van der Waals surface area contributed by atoms with Crippen molar-refractivity contribution in [1.82, 2.24) is 15.0 Å². The molecule has 0 aliphatic carbocycles. The number of carbonyl (C=O) groups is 1. The predicted molar refractivity (Wildman–Crippen MR) is 97.0 cm³/mol. The number of rotatable bonds is 7. The van der Waals surface area contributed by atoms with Gasteiger partial charge in [0.15, 0.2) is 0 Å². The smallest absolute Gasteiger partial charge is 0.251 e. The van der Waals surface area contributed by atoms with Crippen molar-refractivity contribution in [2.45, 2.75) is 18.4 Å². The fourth-order valence-corrected chi connectivity index (χ4v) is 3.35. The molecule has 0 fully saturated rings. The van der Waals surface area contributed by atoms with Gasteiger partial charge in [-0.3, -0.25) is 4.79 Å². The van der Waals surface area contributed by atoms with Gasteiger partial charge in [-0.25, -0.2) is 18.1 Å². The van der Waals surface area contributed by atoms with Crippen LogP contribution in [0.3, 0.4) is 0 Å². The molecule has 0 unspecified atom stereocenters. The van der Waals surface area contributed by atoms with E-state index in [1.165, 1.54) is 24.3 Å². The highest BCUT2D eigenvalue weighted by Gasteiger charge is 2.14. The van der Waals surface area contributed by atoms with Crippen LogP contribution in [-0.4, -0.2) is 39.9 Å². The standard InChI is InChI=1S/C17H22N4O3S/c1-4-20-25(23,24)15-9-7-13(8-10-15)17(22)19-12-14-6-5-11-18-16(14)21(2)3/h5-11,20H,4,12H2,1-3H3,(H,19,22). The maximum atomic E-state index is 12.3. The zero-order chi connectivity index (χ0) is 18.4. The number of sulfonamides is 1. The highest BCUT2D eigenvalue weighted by molar-refractivity contribution is 7.89. The van der Waals surface area contributed by atoms with Gasteiger partial charge in [-0.1, -0.05) is 13.0 Å². The lowest BCUT2D eigenvalue weighted by atomic mass is 10.2. The third-order valence-electron chi connectivity index (χ3n) is 3.49. The van der Waals surface area contributed by atoms with Gasteiger partial charge in [0.2, 0.25) is 10.0 Å².